The fourth-order valence-electron chi connectivity index (χ4n) is 6.50. The molecule has 0 atom stereocenters. The molecule has 0 N–H and O–H groups in total. The summed E-state index contributed by atoms with van der Waals surface area (Å²) in [5.74, 6) is 2.35. The van der Waals surface area contributed by atoms with Crippen molar-refractivity contribution in [1.29, 1.82) is 0 Å². The first-order chi connectivity index (χ1) is 19.7. The molecule has 1 aliphatic heterocycles. The largest absolute Gasteiger partial charge is 0.456 e. The summed E-state index contributed by atoms with van der Waals surface area (Å²) in [6, 6.07) is 46.4. The van der Waals surface area contributed by atoms with E-state index in [1.807, 2.05) is 0 Å². The molecule has 40 heavy (non-hydrogen) atoms. The van der Waals surface area contributed by atoms with Crippen molar-refractivity contribution >= 4 is 32.3 Å². The smallest absolute Gasteiger partial charge is 0.135 e. The van der Waals surface area contributed by atoms with Gasteiger partial charge in [0.2, 0.25) is 0 Å². The van der Waals surface area contributed by atoms with E-state index in [1.54, 1.807) is 0 Å². The van der Waals surface area contributed by atoms with Gasteiger partial charge in [-0.25, -0.2) is 0 Å². The van der Waals surface area contributed by atoms with Crippen molar-refractivity contribution in [2.45, 2.75) is 19.8 Å². The van der Waals surface area contributed by atoms with Crippen molar-refractivity contribution < 1.29 is 4.74 Å². The second-order valence-corrected chi connectivity index (χ2v) is 11.1. The van der Waals surface area contributed by atoms with E-state index in [9.17, 15) is 0 Å². The number of ether oxygens (including phenoxy) is 1. The summed E-state index contributed by atoms with van der Waals surface area (Å²) in [7, 11) is 0. The van der Waals surface area contributed by atoms with Gasteiger partial charge in [-0.05, 0) is 84.4 Å². The lowest BCUT2D eigenvalue weighted by molar-refractivity contribution is 0.487. The van der Waals surface area contributed by atoms with Crippen LogP contribution in [0.5, 0.6) is 11.5 Å². The van der Waals surface area contributed by atoms with Crippen LogP contribution in [-0.4, -0.2) is 0 Å². The van der Waals surface area contributed by atoms with Gasteiger partial charge in [0.25, 0.3) is 0 Å². The third-order valence-electron chi connectivity index (χ3n) is 8.44. The van der Waals surface area contributed by atoms with Crippen molar-refractivity contribution in [2.24, 2.45) is 0 Å². The van der Waals surface area contributed by atoms with Crippen LogP contribution in [0.1, 0.15) is 25.3 Å². The van der Waals surface area contributed by atoms with E-state index >= 15 is 0 Å². The van der Waals surface area contributed by atoms with Crippen LogP contribution in [0, 0.1) is 0 Å². The lowest BCUT2D eigenvalue weighted by atomic mass is 9.84. The molecule has 190 valence electrons. The lowest BCUT2D eigenvalue weighted by Crippen LogP contribution is -1.98. The van der Waals surface area contributed by atoms with Crippen LogP contribution in [0.4, 0.5) is 0 Å². The predicted octanol–water partition coefficient (Wildman–Crippen LogP) is 11.4. The minimum Gasteiger partial charge on any atom is -0.456 e. The van der Waals surface area contributed by atoms with Crippen molar-refractivity contribution in [3.05, 3.63) is 133 Å². The molecular weight excluding hydrogens is 484 g/mol. The van der Waals surface area contributed by atoms with Crippen molar-refractivity contribution in [3.63, 3.8) is 0 Å². The van der Waals surface area contributed by atoms with Crippen molar-refractivity contribution in [2.75, 3.05) is 0 Å². The highest BCUT2D eigenvalue weighted by atomic mass is 16.5. The zero-order chi connectivity index (χ0) is 26.8. The minimum atomic E-state index is 0.510. The molecule has 0 bridgehead atoms. The second kappa shape index (κ2) is 8.83. The molecule has 0 aliphatic carbocycles. The van der Waals surface area contributed by atoms with Gasteiger partial charge in [0.1, 0.15) is 11.5 Å². The van der Waals surface area contributed by atoms with Crippen LogP contribution in [0.25, 0.3) is 65.7 Å². The summed E-state index contributed by atoms with van der Waals surface area (Å²) >= 11 is 0. The molecule has 0 radical (unpaired) electrons. The first kappa shape index (κ1) is 23.0. The van der Waals surface area contributed by atoms with Crippen LogP contribution in [-0.2, 0) is 0 Å². The average molecular weight is 513 g/mol. The Hall–Kier alpha value is -4.88. The SMILES string of the molecule is CC(C)c1ccc(-c2c3ccccc3c(-c3ccc4c(c3)-c3cccc5cccc(c35)O4)c3ccccc23)cc1. The summed E-state index contributed by atoms with van der Waals surface area (Å²) in [5.41, 5.74) is 8.75. The average Bonchev–Trinajstić information content (AvgIpc) is 3.00. The molecule has 0 saturated heterocycles. The van der Waals surface area contributed by atoms with E-state index < -0.39 is 0 Å². The maximum absolute atomic E-state index is 6.42. The fraction of sp³-hybridized carbons (Fsp3) is 0.0769. The monoisotopic (exact) mass is 512 g/mol. The van der Waals surface area contributed by atoms with Gasteiger partial charge in [-0.3, -0.25) is 0 Å². The van der Waals surface area contributed by atoms with E-state index in [-0.39, 0.29) is 0 Å². The minimum absolute atomic E-state index is 0.510. The molecule has 0 saturated carbocycles. The van der Waals surface area contributed by atoms with Crippen LogP contribution < -0.4 is 4.74 Å². The molecule has 1 heteroatoms. The van der Waals surface area contributed by atoms with Gasteiger partial charge < -0.3 is 4.74 Å². The molecule has 1 nitrogen and oxygen atoms in total. The first-order valence-electron chi connectivity index (χ1n) is 14.1. The van der Waals surface area contributed by atoms with Gasteiger partial charge >= 0.3 is 0 Å². The first-order valence-corrected chi connectivity index (χ1v) is 14.1. The Bertz CT molecular complexity index is 2040. The summed E-state index contributed by atoms with van der Waals surface area (Å²) in [5, 5.41) is 7.46. The lowest BCUT2D eigenvalue weighted by Gasteiger charge is -2.23. The van der Waals surface area contributed by atoms with Gasteiger partial charge in [0.05, 0.1) is 0 Å². The molecule has 1 heterocycles. The Morgan fingerprint density at radius 2 is 1.05 bits per heavy atom. The summed E-state index contributed by atoms with van der Waals surface area (Å²) in [6.45, 7) is 4.49. The van der Waals surface area contributed by atoms with Crippen LogP contribution >= 0.6 is 0 Å². The van der Waals surface area contributed by atoms with Gasteiger partial charge in [-0.15, -0.1) is 0 Å². The van der Waals surface area contributed by atoms with E-state index in [0.717, 1.165) is 17.1 Å². The predicted molar refractivity (Wildman–Crippen MR) is 169 cm³/mol. The van der Waals surface area contributed by atoms with Crippen LogP contribution in [0.15, 0.2) is 127 Å². The molecule has 8 rings (SSSR count). The molecule has 0 spiro atoms. The highest BCUT2D eigenvalue weighted by Crippen LogP contribution is 2.49. The van der Waals surface area contributed by atoms with Crippen molar-refractivity contribution in [3.8, 4) is 44.9 Å². The Morgan fingerprint density at radius 1 is 0.475 bits per heavy atom. The van der Waals surface area contributed by atoms with E-state index in [0.29, 0.717) is 5.92 Å². The fourth-order valence-corrected chi connectivity index (χ4v) is 6.50. The molecule has 0 fully saturated rings. The molecule has 0 amide bonds. The second-order valence-electron chi connectivity index (χ2n) is 11.1. The topological polar surface area (TPSA) is 9.23 Å². The standard InChI is InChI=1S/C39H28O/c1-24(2)25-17-19-27(20-18-25)37-29-11-3-5-13-31(29)38(32-14-6-4-12-30(32)37)28-21-22-35-34(23-28)33-15-7-9-26-10-8-16-36(40-35)39(26)33/h3-24H,1-2H3. The quantitative estimate of drug-likeness (QED) is 0.214. The molecule has 0 aromatic heterocycles. The molecule has 1 aliphatic rings. The Morgan fingerprint density at radius 3 is 1.68 bits per heavy atom. The van der Waals surface area contributed by atoms with Gasteiger partial charge in [-0.2, -0.15) is 0 Å². The molecular formula is C39H28O. The van der Waals surface area contributed by atoms with E-state index in [4.69, 9.17) is 4.74 Å². The molecule has 7 aromatic rings. The summed E-state index contributed by atoms with van der Waals surface area (Å²) < 4.78 is 6.42. The normalized spacial score (nSPS) is 12.2. The van der Waals surface area contributed by atoms with Gasteiger partial charge in [0, 0.05) is 10.9 Å². The van der Waals surface area contributed by atoms with E-state index in [1.165, 1.54) is 65.7 Å². The summed E-state index contributed by atoms with van der Waals surface area (Å²) in [6.07, 6.45) is 0. The third-order valence-corrected chi connectivity index (χ3v) is 8.44. The van der Waals surface area contributed by atoms with Crippen LogP contribution in [0.2, 0.25) is 0 Å². The maximum Gasteiger partial charge on any atom is 0.135 e. The molecule has 7 aromatic carbocycles. The number of fused-ring (bicyclic) bond motifs is 4. The number of hydrogen-bond acceptors (Lipinski definition) is 1. The van der Waals surface area contributed by atoms with Crippen molar-refractivity contribution in [1.82, 2.24) is 0 Å². The Balaban J connectivity index is 1.41. The Kier molecular flexibility index (Phi) is 5.09. The zero-order valence-electron chi connectivity index (χ0n) is 22.6. The third kappa shape index (κ3) is 3.41. The highest BCUT2D eigenvalue weighted by Gasteiger charge is 2.22. The number of hydrogen-bond donors (Lipinski definition) is 0. The summed E-state index contributed by atoms with van der Waals surface area (Å²) in [4.78, 5) is 0. The number of benzene rings is 7. The molecule has 0 unspecified atom stereocenters. The van der Waals surface area contributed by atoms with Crippen LogP contribution in [0.3, 0.4) is 0 Å². The van der Waals surface area contributed by atoms with Gasteiger partial charge in [0.15, 0.2) is 0 Å². The van der Waals surface area contributed by atoms with E-state index in [2.05, 4.69) is 141 Å². The maximum atomic E-state index is 6.42. The van der Waals surface area contributed by atoms with Gasteiger partial charge in [-0.1, -0.05) is 123 Å². The highest BCUT2D eigenvalue weighted by molar-refractivity contribution is 6.21. The zero-order valence-corrected chi connectivity index (χ0v) is 22.6. The Labute approximate surface area is 234 Å². The number of rotatable bonds is 3.